The van der Waals surface area contributed by atoms with Gasteiger partial charge in [-0.2, -0.15) is 5.10 Å². The van der Waals surface area contributed by atoms with Gasteiger partial charge in [-0.15, -0.1) is 0 Å². The zero-order valence-corrected chi connectivity index (χ0v) is 13.8. The Hall–Kier alpha value is -2.64. The normalized spacial score (nSPS) is 18.2. The number of amides is 1. The maximum Gasteiger partial charge on any atom is 0.374 e. The summed E-state index contributed by atoms with van der Waals surface area (Å²) in [5.74, 6) is -1.15. The van der Waals surface area contributed by atoms with Crippen LogP contribution in [0, 0.1) is 0 Å². The van der Waals surface area contributed by atoms with E-state index in [0.29, 0.717) is 24.5 Å². The molecule has 0 saturated carbocycles. The smallest absolute Gasteiger partial charge is 0.374 e. The van der Waals surface area contributed by atoms with Crippen LogP contribution in [0.4, 0.5) is 0 Å². The Morgan fingerprint density at radius 2 is 2.00 bits per heavy atom. The van der Waals surface area contributed by atoms with E-state index in [2.05, 4.69) is 15.4 Å². The summed E-state index contributed by atoms with van der Waals surface area (Å²) in [6.45, 7) is 1.22. The van der Waals surface area contributed by atoms with E-state index in [-0.39, 0.29) is 17.6 Å². The fourth-order valence-electron chi connectivity index (χ4n) is 3.77. The van der Waals surface area contributed by atoms with E-state index in [9.17, 15) is 9.59 Å². The van der Waals surface area contributed by atoms with Crippen molar-refractivity contribution >= 4 is 11.9 Å². The summed E-state index contributed by atoms with van der Waals surface area (Å²) >= 11 is 0. The maximum atomic E-state index is 12.8. The van der Waals surface area contributed by atoms with Gasteiger partial charge in [0.05, 0.1) is 5.69 Å². The van der Waals surface area contributed by atoms with Crippen LogP contribution in [-0.4, -0.2) is 50.3 Å². The number of carboxylic acids is 1. The van der Waals surface area contributed by atoms with Gasteiger partial charge >= 0.3 is 5.97 Å². The molecular weight excluding hydrogens is 324 g/mol. The van der Waals surface area contributed by atoms with Gasteiger partial charge in [0.2, 0.25) is 5.76 Å². The first-order chi connectivity index (χ1) is 12.1. The molecule has 2 aromatic heterocycles. The van der Waals surface area contributed by atoms with Crippen LogP contribution >= 0.6 is 0 Å². The number of fused-ring (bicyclic) bond motifs is 1. The second-order valence-electron chi connectivity index (χ2n) is 6.72. The highest BCUT2D eigenvalue weighted by molar-refractivity contribution is 5.94. The predicted octanol–water partition coefficient (Wildman–Crippen LogP) is 1.99. The van der Waals surface area contributed by atoms with Gasteiger partial charge in [0.1, 0.15) is 0 Å². The number of aromatic amines is 1. The van der Waals surface area contributed by atoms with Gasteiger partial charge in [0.15, 0.2) is 5.69 Å². The molecule has 8 heteroatoms. The van der Waals surface area contributed by atoms with Crippen molar-refractivity contribution in [1.29, 1.82) is 0 Å². The van der Waals surface area contributed by atoms with Crippen molar-refractivity contribution in [2.24, 2.45) is 0 Å². The molecule has 0 bridgehead atoms. The van der Waals surface area contributed by atoms with Crippen LogP contribution in [-0.2, 0) is 12.8 Å². The molecule has 4 rings (SSSR count). The minimum absolute atomic E-state index is 0.00997. The molecule has 0 aromatic carbocycles. The van der Waals surface area contributed by atoms with Crippen molar-refractivity contribution in [2.45, 2.75) is 44.4 Å². The molecule has 2 aliphatic rings. The molecule has 0 unspecified atom stereocenters. The van der Waals surface area contributed by atoms with E-state index < -0.39 is 5.97 Å². The number of likely N-dealkylation sites (tertiary alicyclic amines) is 1. The molecule has 2 aromatic rings. The first-order valence-corrected chi connectivity index (χ1v) is 8.69. The fraction of sp³-hybridized carbons (Fsp3) is 0.529. The van der Waals surface area contributed by atoms with Crippen LogP contribution in [0.1, 0.15) is 69.6 Å². The molecule has 1 saturated heterocycles. The van der Waals surface area contributed by atoms with Crippen LogP contribution in [0.2, 0.25) is 0 Å². The quantitative estimate of drug-likeness (QED) is 0.880. The molecule has 0 atom stereocenters. The van der Waals surface area contributed by atoms with Crippen LogP contribution in [0.5, 0.6) is 0 Å². The molecule has 3 heterocycles. The lowest BCUT2D eigenvalue weighted by molar-refractivity contribution is 0.0649. The van der Waals surface area contributed by atoms with E-state index in [4.69, 9.17) is 9.63 Å². The van der Waals surface area contributed by atoms with Gasteiger partial charge in [-0.1, -0.05) is 5.16 Å². The summed E-state index contributed by atoms with van der Waals surface area (Å²) in [4.78, 5) is 25.5. The van der Waals surface area contributed by atoms with E-state index in [1.165, 1.54) is 6.07 Å². The summed E-state index contributed by atoms with van der Waals surface area (Å²) in [6, 6.07) is 1.48. The molecule has 0 radical (unpaired) electrons. The lowest BCUT2D eigenvalue weighted by Crippen LogP contribution is -2.38. The number of carboxylic acid groups (broad SMARTS) is 1. The number of nitrogens with zero attached hydrogens (tertiary/aromatic N) is 3. The largest absolute Gasteiger partial charge is 0.475 e. The highest BCUT2D eigenvalue weighted by atomic mass is 16.5. The third-order valence-electron chi connectivity index (χ3n) is 5.20. The molecule has 8 nitrogen and oxygen atoms in total. The minimum atomic E-state index is -1.12. The number of aromatic nitrogens is 3. The van der Waals surface area contributed by atoms with Gasteiger partial charge in [-0.05, 0) is 38.5 Å². The van der Waals surface area contributed by atoms with Crippen molar-refractivity contribution in [3.8, 4) is 0 Å². The third kappa shape index (κ3) is 2.92. The summed E-state index contributed by atoms with van der Waals surface area (Å²) in [6.07, 6.45) is 5.61. The predicted molar refractivity (Wildman–Crippen MR) is 86.6 cm³/mol. The first-order valence-electron chi connectivity index (χ1n) is 8.69. The monoisotopic (exact) mass is 344 g/mol. The standard InChI is InChI=1S/C17H20N4O4/c22-16(15-11-3-1-2-4-12(11)18-19-15)21-7-5-10(6-8-21)13-9-14(17(23)24)25-20-13/h9-10H,1-8H2,(H,18,19)(H,23,24). The van der Waals surface area contributed by atoms with Crippen molar-refractivity contribution in [1.82, 2.24) is 20.3 Å². The number of aromatic carboxylic acids is 1. The number of H-pyrrole nitrogens is 1. The molecule has 2 N–H and O–H groups in total. The van der Waals surface area contributed by atoms with Crippen molar-refractivity contribution in [3.05, 3.63) is 34.5 Å². The Morgan fingerprint density at radius 3 is 2.72 bits per heavy atom. The number of carbonyl (C=O) groups is 2. The summed E-state index contributed by atoms with van der Waals surface area (Å²) < 4.78 is 4.83. The summed E-state index contributed by atoms with van der Waals surface area (Å²) in [5, 5.41) is 20.1. The topological polar surface area (TPSA) is 112 Å². The molecule has 1 amide bonds. The number of carbonyl (C=O) groups excluding carboxylic acids is 1. The SMILES string of the molecule is O=C(O)c1cc(C2CCN(C(=O)c3n[nH]c4c3CCCC4)CC2)no1. The third-order valence-corrected chi connectivity index (χ3v) is 5.20. The van der Waals surface area contributed by atoms with Crippen molar-refractivity contribution < 1.29 is 19.2 Å². The molecule has 1 aliphatic heterocycles. The zero-order chi connectivity index (χ0) is 17.4. The maximum absolute atomic E-state index is 12.8. The number of piperidine rings is 1. The minimum Gasteiger partial charge on any atom is -0.475 e. The van der Waals surface area contributed by atoms with Gasteiger partial charge in [-0.3, -0.25) is 9.89 Å². The number of hydrogen-bond donors (Lipinski definition) is 2. The fourth-order valence-corrected chi connectivity index (χ4v) is 3.77. The Bertz CT molecular complexity index is 801. The number of nitrogens with one attached hydrogen (secondary N) is 1. The number of rotatable bonds is 3. The summed E-state index contributed by atoms with van der Waals surface area (Å²) in [7, 11) is 0. The zero-order valence-electron chi connectivity index (χ0n) is 13.8. The van der Waals surface area contributed by atoms with Gasteiger partial charge in [0.25, 0.3) is 5.91 Å². The Kier molecular flexibility index (Phi) is 4.03. The highest BCUT2D eigenvalue weighted by Crippen LogP contribution is 2.29. The Morgan fingerprint density at radius 1 is 1.24 bits per heavy atom. The van der Waals surface area contributed by atoms with Gasteiger partial charge in [0, 0.05) is 36.3 Å². The first kappa shape index (κ1) is 15.9. The number of hydrogen-bond acceptors (Lipinski definition) is 5. The van der Waals surface area contributed by atoms with Gasteiger partial charge < -0.3 is 14.5 Å². The molecule has 1 fully saturated rings. The lowest BCUT2D eigenvalue weighted by atomic mass is 9.92. The lowest BCUT2D eigenvalue weighted by Gasteiger charge is -2.30. The summed E-state index contributed by atoms with van der Waals surface area (Å²) in [5.41, 5.74) is 3.42. The van der Waals surface area contributed by atoms with Gasteiger partial charge in [-0.25, -0.2) is 4.79 Å². The van der Waals surface area contributed by atoms with E-state index in [1.807, 2.05) is 4.90 Å². The average molecular weight is 344 g/mol. The van der Waals surface area contributed by atoms with Crippen molar-refractivity contribution in [3.63, 3.8) is 0 Å². The van der Waals surface area contributed by atoms with E-state index in [0.717, 1.165) is 49.8 Å². The van der Waals surface area contributed by atoms with Crippen LogP contribution in [0.25, 0.3) is 0 Å². The second-order valence-corrected chi connectivity index (χ2v) is 6.72. The van der Waals surface area contributed by atoms with Crippen molar-refractivity contribution in [2.75, 3.05) is 13.1 Å². The molecule has 25 heavy (non-hydrogen) atoms. The average Bonchev–Trinajstić information content (AvgIpc) is 3.29. The Balaban J connectivity index is 1.42. The van der Waals surface area contributed by atoms with E-state index in [1.54, 1.807) is 0 Å². The molecule has 132 valence electrons. The second kappa shape index (κ2) is 6.34. The van der Waals surface area contributed by atoms with Crippen LogP contribution < -0.4 is 0 Å². The molecule has 1 aliphatic carbocycles. The molecule has 0 spiro atoms. The van der Waals surface area contributed by atoms with Crippen LogP contribution in [0.3, 0.4) is 0 Å². The Labute approximate surface area is 144 Å². The van der Waals surface area contributed by atoms with E-state index >= 15 is 0 Å². The number of aryl methyl sites for hydroxylation is 1. The highest BCUT2D eigenvalue weighted by Gasteiger charge is 2.30. The van der Waals surface area contributed by atoms with Crippen LogP contribution in [0.15, 0.2) is 10.6 Å². The molecular formula is C17H20N4O4.